The van der Waals surface area contributed by atoms with Crippen molar-refractivity contribution in [3.63, 3.8) is 0 Å². The molecule has 1 saturated heterocycles. The lowest BCUT2D eigenvalue weighted by molar-refractivity contribution is -0.142. The molecule has 0 spiro atoms. The standard InChI is InChI=1S/C42H54N10O14S2/c1-4-20(2)35-39(61)46-27(10-12-33(44)56)32(55)15-23(16-34(45)57)36(58)48-29(40(62)63)19-68-67-18-26(43)37(59)47-28(38(60)49-35)13-22-5-11-31(54)30(14-22)52-42(65)51(41(64)50-52)24-6-8-25(9-7-24)66-17-21(3)53/h5-9,11,14,20,23,26-29,35,54H,4,10,12-13,15-19,43H2,1-3H3,(H2,44,56)(H2,45,57)(H,46,61)(H,47,59)(H,48,58)(H,49,60)(H,50,64)(H,62,63). The normalized spacial score (nSPS) is 21.9. The number of primary amides is 2. The van der Waals surface area contributed by atoms with E-state index in [2.05, 4.69) is 26.4 Å². The van der Waals surface area contributed by atoms with Crippen molar-refractivity contribution >= 4 is 74.6 Å². The number of hydrogen-bond acceptors (Lipinski definition) is 16. The van der Waals surface area contributed by atoms with Gasteiger partial charge in [-0.25, -0.2) is 24.0 Å². The fraction of sp³-hybridized carbons (Fsp3) is 0.452. The minimum absolute atomic E-state index is 0.112. The highest BCUT2D eigenvalue weighted by molar-refractivity contribution is 8.76. The molecule has 0 radical (unpaired) electrons. The van der Waals surface area contributed by atoms with Crippen LogP contribution in [-0.4, -0.2) is 126 Å². The van der Waals surface area contributed by atoms with Crippen LogP contribution in [0.5, 0.6) is 11.5 Å². The summed E-state index contributed by atoms with van der Waals surface area (Å²) in [7, 11) is 1.89. The van der Waals surface area contributed by atoms with Crippen LogP contribution in [0.4, 0.5) is 0 Å². The Hall–Kier alpha value is -6.93. The molecule has 24 nitrogen and oxygen atoms in total. The summed E-state index contributed by atoms with van der Waals surface area (Å²) in [5.41, 5.74) is 15.2. The molecule has 1 aliphatic rings. The average molecular weight is 987 g/mol. The summed E-state index contributed by atoms with van der Waals surface area (Å²) in [6.07, 6.45) is -2.26. The van der Waals surface area contributed by atoms with Gasteiger partial charge in [0.05, 0.1) is 23.7 Å². The van der Waals surface area contributed by atoms with E-state index in [4.69, 9.17) is 21.9 Å². The Labute approximate surface area is 395 Å². The van der Waals surface area contributed by atoms with E-state index in [9.17, 15) is 63.0 Å². The Morgan fingerprint density at radius 2 is 1.51 bits per heavy atom. The molecule has 3 aromatic rings. The number of Topliss-reactive ketones (excluding diaryl/α,β-unsaturated/α-hetero) is 2. The van der Waals surface area contributed by atoms with E-state index in [1.165, 1.54) is 49.4 Å². The van der Waals surface area contributed by atoms with Crippen molar-refractivity contribution < 1.29 is 58.1 Å². The predicted octanol–water partition coefficient (Wildman–Crippen LogP) is -1.96. The number of aromatic amines is 1. The van der Waals surface area contributed by atoms with E-state index < -0.39 is 126 Å². The smallest absolute Gasteiger partial charge is 0.356 e. The number of benzene rings is 2. The summed E-state index contributed by atoms with van der Waals surface area (Å²) < 4.78 is 6.87. The molecule has 13 N–H and O–H groups in total. The molecule has 1 fully saturated rings. The largest absolute Gasteiger partial charge is 0.506 e. The van der Waals surface area contributed by atoms with Gasteiger partial charge >= 0.3 is 17.3 Å². The van der Waals surface area contributed by atoms with Gasteiger partial charge < -0.3 is 53.4 Å². The molecule has 0 bridgehead atoms. The predicted molar refractivity (Wildman–Crippen MR) is 247 cm³/mol. The fourth-order valence-electron chi connectivity index (χ4n) is 6.73. The highest BCUT2D eigenvalue weighted by Gasteiger charge is 2.36. The molecular formula is C42H54N10O14S2. The summed E-state index contributed by atoms with van der Waals surface area (Å²) in [6, 6.07) is 2.21. The third kappa shape index (κ3) is 15.0. The third-order valence-electron chi connectivity index (χ3n) is 10.6. The molecular weight excluding hydrogens is 933 g/mol. The number of aliphatic carboxylic acids is 1. The molecule has 0 aliphatic carbocycles. The van der Waals surface area contributed by atoms with Gasteiger partial charge in [-0.15, -0.1) is 0 Å². The van der Waals surface area contributed by atoms with Crippen molar-refractivity contribution in [1.29, 1.82) is 0 Å². The molecule has 1 aromatic heterocycles. The number of aromatic nitrogens is 3. The summed E-state index contributed by atoms with van der Waals surface area (Å²) in [4.78, 5) is 143. The molecule has 4 rings (SSSR count). The Balaban J connectivity index is 1.73. The zero-order chi connectivity index (χ0) is 50.4. The molecule has 26 heteroatoms. The molecule has 7 atom stereocenters. The first-order chi connectivity index (χ1) is 32.1. The van der Waals surface area contributed by atoms with E-state index in [0.29, 0.717) is 5.75 Å². The first-order valence-corrected chi connectivity index (χ1v) is 23.6. The number of hydrogen-bond donors (Lipinski definition) is 10. The zero-order valence-electron chi connectivity index (χ0n) is 37.2. The van der Waals surface area contributed by atoms with E-state index >= 15 is 0 Å². The maximum Gasteiger partial charge on any atom is 0.356 e. The van der Waals surface area contributed by atoms with Gasteiger partial charge in [0.15, 0.2) is 11.6 Å². The minimum atomic E-state index is -1.55. The first kappa shape index (κ1) is 53.7. The number of phenols is 1. The minimum Gasteiger partial charge on any atom is -0.506 e. The summed E-state index contributed by atoms with van der Waals surface area (Å²) >= 11 is 0. The van der Waals surface area contributed by atoms with Gasteiger partial charge in [0.2, 0.25) is 35.4 Å². The Bertz CT molecular complexity index is 2510. The van der Waals surface area contributed by atoms with E-state index in [0.717, 1.165) is 30.8 Å². The van der Waals surface area contributed by atoms with Gasteiger partial charge in [0.1, 0.15) is 41.9 Å². The number of nitrogens with two attached hydrogens (primary N) is 3. The van der Waals surface area contributed by atoms with Crippen LogP contribution in [0.15, 0.2) is 52.1 Å². The van der Waals surface area contributed by atoms with Crippen LogP contribution in [0.1, 0.15) is 58.4 Å². The lowest BCUT2D eigenvalue weighted by atomic mass is 9.91. The Kier molecular flexibility index (Phi) is 19.5. The maximum absolute atomic E-state index is 14.3. The molecule has 2 heterocycles. The van der Waals surface area contributed by atoms with Gasteiger partial charge in [0.25, 0.3) is 0 Å². The van der Waals surface area contributed by atoms with Gasteiger partial charge in [-0.05, 0) is 61.2 Å². The highest BCUT2D eigenvalue weighted by atomic mass is 33.1. The molecule has 0 saturated carbocycles. The lowest BCUT2D eigenvalue weighted by Crippen LogP contribution is -2.59. The number of aromatic hydroxyl groups is 1. The van der Waals surface area contributed by atoms with Crippen LogP contribution in [0.2, 0.25) is 0 Å². The van der Waals surface area contributed by atoms with Crippen LogP contribution in [0.3, 0.4) is 0 Å². The topological polar surface area (TPSA) is 389 Å². The van der Waals surface area contributed by atoms with Gasteiger partial charge in [-0.3, -0.25) is 38.4 Å². The summed E-state index contributed by atoms with van der Waals surface area (Å²) in [5, 5.41) is 33.2. The number of nitrogens with one attached hydrogen (secondary N) is 5. The summed E-state index contributed by atoms with van der Waals surface area (Å²) in [6.45, 7) is 4.47. The fourth-order valence-corrected chi connectivity index (χ4v) is 9.00. The van der Waals surface area contributed by atoms with Crippen molar-refractivity contribution in [2.75, 3.05) is 18.1 Å². The van der Waals surface area contributed by atoms with Crippen molar-refractivity contribution in [2.24, 2.45) is 29.0 Å². The molecule has 6 amide bonds. The number of ketones is 2. The van der Waals surface area contributed by atoms with E-state index in [1.807, 2.05) is 0 Å². The van der Waals surface area contributed by atoms with Gasteiger partial charge in [0, 0.05) is 37.2 Å². The van der Waals surface area contributed by atoms with Crippen LogP contribution in [-0.2, 0) is 49.6 Å². The number of carboxylic acid groups (broad SMARTS) is 1. The molecule has 2 aromatic carbocycles. The highest BCUT2D eigenvalue weighted by Crippen LogP contribution is 2.25. The van der Waals surface area contributed by atoms with Crippen molar-refractivity contribution in [2.45, 2.75) is 89.5 Å². The number of H-pyrrole nitrogens is 1. The van der Waals surface area contributed by atoms with Crippen molar-refractivity contribution in [3.05, 3.63) is 69.0 Å². The SMILES string of the molecule is CCC(C)C1NC(=O)C(Cc2ccc(O)c(-n3[nH]c(=O)n(-c4ccc(OCC(C)=O)cc4)c3=O)c2)NC(=O)C(N)CSSCC(C(=O)O)NC(=O)C(CC(N)=O)CC(=O)C(CCC(N)=O)NC1=O. The van der Waals surface area contributed by atoms with Crippen LogP contribution in [0, 0.1) is 11.8 Å². The number of carbonyl (C=O) groups is 9. The first-order valence-electron chi connectivity index (χ1n) is 21.1. The van der Waals surface area contributed by atoms with E-state index in [1.54, 1.807) is 13.8 Å². The zero-order valence-corrected chi connectivity index (χ0v) is 38.8. The second-order valence-corrected chi connectivity index (χ2v) is 18.5. The number of phenolic OH excluding ortho intramolecular Hbond substituents is 1. The molecule has 68 heavy (non-hydrogen) atoms. The number of carboxylic acids is 1. The monoisotopic (exact) mass is 986 g/mol. The lowest BCUT2D eigenvalue weighted by Gasteiger charge is -2.29. The number of carbonyl (C=O) groups excluding carboxylic acids is 8. The number of rotatable bonds is 15. The summed E-state index contributed by atoms with van der Waals surface area (Å²) in [5.74, 6) is -10.8. The maximum atomic E-state index is 14.3. The van der Waals surface area contributed by atoms with Crippen molar-refractivity contribution in [1.82, 2.24) is 35.6 Å². The number of ether oxygens (including phenoxy) is 1. The molecule has 368 valence electrons. The molecule has 1 aliphatic heterocycles. The second-order valence-electron chi connectivity index (χ2n) is 16.0. The molecule has 7 unspecified atom stereocenters. The van der Waals surface area contributed by atoms with Gasteiger partial charge in [-0.2, -0.15) is 4.68 Å². The number of nitrogens with zero attached hydrogens (tertiary/aromatic N) is 2. The Morgan fingerprint density at radius 3 is 2.13 bits per heavy atom. The van der Waals surface area contributed by atoms with Crippen LogP contribution >= 0.6 is 21.6 Å². The van der Waals surface area contributed by atoms with E-state index in [-0.39, 0.29) is 60.1 Å². The van der Waals surface area contributed by atoms with Crippen molar-refractivity contribution in [3.8, 4) is 22.9 Å². The van der Waals surface area contributed by atoms with Gasteiger partial charge in [-0.1, -0.05) is 47.9 Å². The average Bonchev–Trinajstić information content (AvgIpc) is 3.58. The number of amides is 6. The Morgan fingerprint density at radius 1 is 0.853 bits per heavy atom. The third-order valence-corrected chi connectivity index (χ3v) is 13.1. The van der Waals surface area contributed by atoms with Crippen LogP contribution in [0.25, 0.3) is 11.4 Å². The quantitative estimate of drug-likeness (QED) is 0.0739. The van der Waals surface area contributed by atoms with Crippen LogP contribution < -0.4 is 54.6 Å². The second kappa shape index (κ2) is 24.7.